The number of likely N-dealkylation sites (N-methyl/N-ethyl adjacent to an activating group) is 1. The SMILES string of the molecule is CCNC(Cc1cncc(Br)c1)c1cccs1. The van der Waals surface area contributed by atoms with Crippen molar-refractivity contribution in [2.75, 3.05) is 6.54 Å². The van der Waals surface area contributed by atoms with Gasteiger partial charge in [0.2, 0.25) is 0 Å². The van der Waals surface area contributed by atoms with Crippen LogP contribution in [0.25, 0.3) is 0 Å². The monoisotopic (exact) mass is 310 g/mol. The van der Waals surface area contributed by atoms with Crippen molar-refractivity contribution in [1.82, 2.24) is 10.3 Å². The van der Waals surface area contributed by atoms with Crippen molar-refractivity contribution in [1.29, 1.82) is 0 Å². The van der Waals surface area contributed by atoms with Crippen LogP contribution in [-0.4, -0.2) is 11.5 Å². The van der Waals surface area contributed by atoms with Crippen molar-refractivity contribution >= 4 is 27.3 Å². The van der Waals surface area contributed by atoms with Crippen molar-refractivity contribution in [3.05, 3.63) is 50.9 Å². The topological polar surface area (TPSA) is 24.9 Å². The number of nitrogens with zero attached hydrogens (tertiary/aromatic N) is 1. The van der Waals surface area contributed by atoms with Gasteiger partial charge in [-0.3, -0.25) is 4.98 Å². The standard InChI is InChI=1S/C13H15BrN2S/c1-2-16-12(13-4-3-5-17-13)7-10-6-11(14)9-15-8-10/h3-6,8-9,12,16H,2,7H2,1H3. The van der Waals surface area contributed by atoms with E-state index in [9.17, 15) is 0 Å². The van der Waals surface area contributed by atoms with Crippen molar-refractivity contribution in [3.63, 3.8) is 0 Å². The third kappa shape index (κ3) is 3.63. The van der Waals surface area contributed by atoms with Gasteiger partial charge in [0.1, 0.15) is 0 Å². The van der Waals surface area contributed by atoms with Crippen LogP contribution in [0.1, 0.15) is 23.4 Å². The van der Waals surface area contributed by atoms with Crippen molar-refractivity contribution in [2.45, 2.75) is 19.4 Å². The number of hydrogen-bond acceptors (Lipinski definition) is 3. The highest BCUT2D eigenvalue weighted by Gasteiger charge is 2.12. The molecule has 0 aliphatic heterocycles. The van der Waals surface area contributed by atoms with Gasteiger partial charge >= 0.3 is 0 Å². The van der Waals surface area contributed by atoms with Gasteiger partial charge in [0, 0.05) is 27.8 Å². The normalized spacial score (nSPS) is 12.6. The summed E-state index contributed by atoms with van der Waals surface area (Å²) in [6.07, 6.45) is 4.72. The zero-order valence-corrected chi connectivity index (χ0v) is 12.1. The number of halogens is 1. The molecular formula is C13H15BrN2S. The molecule has 2 nitrogen and oxygen atoms in total. The third-order valence-corrected chi connectivity index (χ3v) is 3.96. The van der Waals surface area contributed by atoms with E-state index < -0.39 is 0 Å². The molecule has 1 unspecified atom stereocenters. The van der Waals surface area contributed by atoms with Crippen molar-refractivity contribution in [3.8, 4) is 0 Å². The van der Waals surface area contributed by atoms with E-state index in [1.54, 1.807) is 11.3 Å². The van der Waals surface area contributed by atoms with Gasteiger partial charge in [0.25, 0.3) is 0 Å². The first-order valence-electron chi connectivity index (χ1n) is 5.66. The Morgan fingerprint density at radius 2 is 2.35 bits per heavy atom. The summed E-state index contributed by atoms with van der Waals surface area (Å²) in [6.45, 7) is 3.11. The van der Waals surface area contributed by atoms with Gasteiger partial charge in [0.05, 0.1) is 0 Å². The van der Waals surface area contributed by atoms with Gasteiger partial charge in [-0.1, -0.05) is 13.0 Å². The first kappa shape index (κ1) is 12.7. The van der Waals surface area contributed by atoms with E-state index >= 15 is 0 Å². The fourth-order valence-corrected chi connectivity index (χ4v) is 3.03. The second kappa shape index (κ2) is 6.28. The molecule has 0 saturated heterocycles. The van der Waals surface area contributed by atoms with Gasteiger partial charge in [-0.25, -0.2) is 0 Å². The van der Waals surface area contributed by atoms with Crippen LogP contribution in [0.2, 0.25) is 0 Å². The van der Waals surface area contributed by atoms with Crippen LogP contribution < -0.4 is 5.32 Å². The predicted octanol–water partition coefficient (Wildman–Crippen LogP) is 3.80. The summed E-state index contributed by atoms with van der Waals surface area (Å²) in [5.41, 5.74) is 1.25. The molecule has 0 radical (unpaired) electrons. The number of rotatable bonds is 5. The number of thiophene rings is 1. The fraction of sp³-hybridized carbons (Fsp3) is 0.308. The molecule has 2 aromatic heterocycles. The molecule has 0 saturated carbocycles. The minimum absolute atomic E-state index is 0.385. The Labute approximate surface area is 114 Å². The minimum atomic E-state index is 0.385. The Morgan fingerprint density at radius 1 is 1.47 bits per heavy atom. The largest absolute Gasteiger partial charge is 0.309 e. The smallest absolute Gasteiger partial charge is 0.0456 e. The maximum absolute atomic E-state index is 4.21. The van der Waals surface area contributed by atoms with Crippen molar-refractivity contribution in [2.24, 2.45) is 0 Å². The van der Waals surface area contributed by atoms with Gasteiger partial charge in [-0.15, -0.1) is 11.3 Å². The summed E-state index contributed by atoms with van der Waals surface area (Å²) < 4.78 is 1.04. The van der Waals surface area contributed by atoms with E-state index in [0.717, 1.165) is 17.4 Å². The Morgan fingerprint density at radius 3 is 3.00 bits per heavy atom. The van der Waals surface area contributed by atoms with Crippen LogP contribution in [0.15, 0.2) is 40.4 Å². The summed E-state index contributed by atoms with van der Waals surface area (Å²) in [5, 5.41) is 5.64. The average Bonchev–Trinajstić information content (AvgIpc) is 2.82. The second-order valence-corrected chi connectivity index (χ2v) is 5.74. The first-order valence-corrected chi connectivity index (χ1v) is 7.33. The number of nitrogens with one attached hydrogen (secondary N) is 1. The molecule has 0 amide bonds. The quantitative estimate of drug-likeness (QED) is 0.908. The molecule has 4 heteroatoms. The van der Waals surface area contributed by atoms with E-state index in [0.29, 0.717) is 6.04 Å². The summed E-state index contributed by atoms with van der Waals surface area (Å²) in [5.74, 6) is 0. The lowest BCUT2D eigenvalue weighted by Gasteiger charge is -2.16. The van der Waals surface area contributed by atoms with E-state index in [-0.39, 0.29) is 0 Å². The highest BCUT2D eigenvalue weighted by atomic mass is 79.9. The molecule has 2 rings (SSSR count). The summed E-state index contributed by atoms with van der Waals surface area (Å²) in [4.78, 5) is 5.59. The van der Waals surface area contributed by atoms with E-state index in [1.165, 1.54) is 10.4 Å². The van der Waals surface area contributed by atoms with Crippen LogP contribution in [0, 0.1) is 0 Å². The Hall–Kier alpha value is -0.710. The van der Waals surface area contributed by atoms with Gasteiger partial charge in [-0.05, 0) is 52.0 Å². The summed E-state index contributed by atoms with van der Waals surface area (Å²) in [6, 6.07) is 6.80. The summed E-state index contributed by atoms with van der Waals surface area (Å²) >= 11 is 5.26. The summed E-state index contributed by atoms with van der Waals surface area (Å²) in [7, 11) is 0. The lowest BCUT2D eigenvalue weighted by Crippen LogP contribution is -2.22. The maximum Gasteiger partial charge on any atom is 0.0456 e. The lowest BCUT2D eigenvalue weighted by atomic mass is 10.1. The second-order valence-electron chi connectivity index (χ2n) is 3.84. The van der Waals surface area contributed by atoms with E-state index in [1.807, 2.05) is 12.4 Å². The van der Waals surface area contributed by atoms with Crippen molar-refractivity contribution < 1.29 is 0 Å². The number of pyridine rings is 1. The van der Waals surface area contributed by atoms with Crippen LogP contribution in [-0.2, 0) is 6.42 Å². The molecule has 2 aromatic rings. The molecule has 1 atom stereocenters. The van der Waals surface area contributed by atoms with Crippen LogP contribution in [0.5, 0.6) is 0 Å². The van der Waals surface area contributed by atoms with Crippen LogP contribution in [0.3, 0.4) is 0 Å². The fourth-order valence-electron chi connectivity index (χ4n) is 1.81. The third-order valence-electron chi connectivity index (χ3n) is 2.54. The van der Waals surface area contributed by atoms with Gasteiger partial charge in [-0.2, -0.15) is 0 Å². The van der Waals surface area contributed by atoms with Gasteiger partial charge < -0.3 is 5.32 Å². The molecule has 0 fully saturated rings. The molecule has 90 valence electrons. The average molecular weight is 311 g/mol. The van der Waals surface area contributed by atoms with E-state index in [2.05, 4.69) is 56.7 Å². The number of hydrogen-bond donors (Lipinski definition) is 1. The van der Waals surface area contributed by atoms with Crippen LogP contribution >= 0.6 is 27.3 Å². The molecule has 0 spiro atoms. The lowest BCUT2D eigenvalue weighted by molar-refractivity contribution is 0.557. The van der Waals surface area contributed by atoms with Gasteiger partial charge in [0.15, 0.2) is 0 Å². The van der Waals surface area contributed by atoms with Crippen LogP contribution in [0.4, 0.5) is 0 Å². The molecule has 2 heterocycles. The molecule has 1 N–H and O–H groups in total. The molecule has 0 bridgehead atoms. The highest BCUT2D eigenvalue weighted by molar-refractivity contribution is 9.10. The number of aromatic nitrogens is 1. The molecule has 0 aliphatic rings. The predicted molar refractivity (Wildman–Crippen MR) is 76.4 cm³/mol. The first-order chi connectivity index (χ1) is 8.29. The highest BCUT2D eigenvalue weighted by Crippen LogP contribution is 2.23. The Kier molecular flexibility index (Phi) is 4.71. The molecule has 17 heavy (non-hydrogen) atoms. The maximum atomic E-state index is 4.21. The zero-order valence-electron chi connectivity index (χ0n) is 9.69. The zero-order chi connectivity index (χ0) is 12.1. The minimum Gasteiger partial charge on any atom is -0.309 e. The Bertz CT molecular complexity index is 456. The van der Waals surface area contributed by atoms with E-state index in [4.69, 9.17) is 0 Å². The molecule has 0 aliphatic carbocycles. The molecular weight excluding hydrogens is 296 g/mol. The molecule has 0 aromatic carbocycles. The Balaban J connectivity index is 2.13.